The van der Waals surface area contributed by atoms with E-state index in [0.717, 1.165) is 35.2 Å². The minimum atomic E-state index is -1.18. The molecule has 5 aliphatic rings. The van der Waals surface area contributed by atoms with Gasteiger partial charge in [0, 0.05) is 62.1 Å². The number of carbonyl (C=O) groups excluding carboxylic acids is 2. The fourth-order valence-electron chi connectivity index (χ4n) is 10.9. The number of benzene rings is 3. The molecule has 8 rings (SSSR count). The lowest BCUT2D eigenvalue weighted by Gasteiger charge is -2.62. The third kappa shape index (κ3) is 7.42. The Balaban J connectivity index is 1.19. The first-order valence-corrected chi connectivity index (χ1v) is 20.9. The standard InChI is InChI=1S/C47H65N5O6/c1-29-38-23-34(45(38,2)3)24-39(29)48-43(54)42-47(28-46(47,4)56)40(27-53)58-52(42)25-31-17-14-18-37(41(31)57-10)32-20-33(22-35(21-32)50(7)8)44(55)51(9)36(26-49(5)6)19-30-15-12-11-13-16-30/h11-18,20-22,29,34,36,38-40,42,53,56H,19,23-28H2,1-10H3,(H,48,54)/t29-,34+,36-,38-,39-,40-,42+,46?,47+/m0/s1. The number of rotatable bonds is 14. The first-order valence-electron chi connectivity index (χ1n) is 20.9. The molecule has 314 valence electrons. The summed E-state index contributed by atoms with van der Waals surface area (Å²) in [5.41, 5.74) is 3.13. The van der Waals surface area contributed by atoms with E-state index in [4.69, 9.17) is 9.57 Å². The van der Waals surface area contributed by atoms with Crippen molar-refractivity contribution in [2.45, 2.75) is 89.8 Å². The van der Waals surface area contributed by atoms with E-state index in [1.807, 2.05) is 93.6 Å². The zero-order valence-electron chi connectivity index (χ0n) is 36.2. The van der Waals surface area contributed by atoms with Gasteiger partial charge in [-0.2, -0.15) is 5.06 Å². The minimum Gasteiger partial charge on any atom is -0.496 e. The van der Waals surface area contributed by atoms with Gasteiger partial charge in [0.15, 0.2) is 0 Å². The number of nitrogens with zero attached hydrogens (tertiary/aromatic N) is 4. The lowest BCUT2D eigenvalue weighted by atomic mass is 9.45. The number of carbonyl (C=O) groups is 2. The van der Waals surface area contributed by atoms with Crippen LogP contribution in [0.4, 0.5) is 5.69 Å². The topological polar surface area (TPSA) is 118 Å². The van der Waals surface area contributed by atoms with Crippen molar-refractivity contribution in [3.05, 3.63) is 83.4 Å². The monoisotopic (exact) mass is 795 g/mol. The van der Waals surface area contributed by atoms with E-state index in [-0.39, 0.29) is 42.5 Å². The number of hydroxylamine groups is 2. The molecule has 58 heavy (non-hydrogen) atoms. The highest BCUT2D eigenvalue weighted by atomic mass is 16.7. The molecule has 3 aromatic carbocycles. The average Bonchev–Trinajstić information content (AvgIpc) is 3.61. The fraction of sp³-hybridized carbons (Fsp3) is 0.574. The van der Waals surface area contributed by atoms with Crippen LogP contribution in [-0.2, 0) is 22.6 Å². The summed E-state index contributed by atoms with van der Waals surface area (Å²) in [4.78, 5) is 41.4. The second-order valence-electron chi connectivity index (χ2n) is 19.0. The summed E-state index contributed by atoms with van der Waals surface area (Å²) >= 11 is 0. The number of likely N-dealkylation sites (N-methyl/N-ethyl adjacent to an activating group) is 2. The van der Waals surface area contributed by atoms with Gasteiger partial charge in [-0.1, -0.05) is 69.3 Å². The van der Waals surface area contributed by atoms with Crippen molar-refractivity contribution in [3.63, 3.8) is 0 Å². The number of aliphatic hydroxyl groups is 2. The van der Waals surface area contributed by atoms with E-state index >= 15 is 0 Å². The van der Waals surface area contributed by atoms with Gasteiger partial charge < -0.3 is 35.0 Å². The number of hydrogen-bond acceptors (Lipinski definition) is 9. The molecule has 1 spiro atoms. The molecule has 0 aromatic heterocycles. The van der Waals surface area contributed by atoms with Crippen molar-refractivity contribution in [1.82, 2.24) is 20.2 Å². The van der Waals surface area contributed by atoms with E-state index in [1.54, 1.807) is 19.1 Å². The molecular formula is C47H65N5O6. The number of anilines is 1. The summed E-state index contributed by atoms with van der Waals surface area (Å²) in [6.45, 7) is 9.24. The molecule has 5 fully saturated rings. The van der Waals surface area contributed by atoms with Crippen molar-refractivity contribution < 1.29 is 29.4 Å². The normalized spacial score (nSPS) is 30.2. The zero-order chi connectivity index (χ0) is 41.9. The molecule has 4 aliphatic carbocycles. The van der Waals surface area contributed by atoms with E-state index in [0.29, 0.717) is 42.0 Å². The lowest BCUT2D eigenvalue weighted by Crippen LogP contribution is -2.62. The molecule has 0 radical (unpaired) electrons. The Hall–Kier alpha value is -4.00. The number of fused-ring (bicyclic) bond motifs is 2. The molecule has 11 nitrogen and oxygen atoms in total. The summed E-state index contributed by atoms with van der Waals surface area (Å²) in [5.74, 6) is 1.80. The van der Waals surface area contributed by atoms with Gasteiger partial charge in [-0.3, -0.25) is 14.4 Å². The van der Waals surface area contributed by atoms with E-state index in [2.05, 4.69) is 49.2 Å². The number of aliphatic hydroxyl groups excluding tert-OH is 1. The second kappa shape index (κ2) is 15.9. The Morgan fingerprint density at radius 2 is 1.71 bits per heavy atom. The zero-order valence-corrected chi connectivity index (χ0v) is 36.2. The van der Waals surface area contributed by atoms with Crippen LogP contribution in [0.2, 0.25) is 0 Å². The summed E-state index contributed by atoms with van der Waals surface area (Å²) < 4.78 is 6.17. The Bertz CT molecular complexity index is 1980. The average molecular weight is 796 g/mol. The van der Waals surface area contributed by atoms with Crippen LogP contribution in [-0.4, -0.2) is 122 Å². The number of hydrogen-bond donors (Lipinski definition) is 3. The van der Waals surface area contributed by atoms with Crippen molar-refractivity contribution in [1.29, 1.82) is 0 Å². The molecule has 3 aromatic rings. The molecule has 2 amide bonds. The van der Waals surface area contributed by atoms with Crippen molar-refractivity contribution in [3.8, 4) is 16.9 Å². The van der Waals surface area contributed by atoms with E-state index in [1.165, 1.54) is 12.0 Å². The number of ether oxygens (including phenoxy) is 1. The summed E-state index contributed by atoms with van der Waals surface area (Å²) in [6.07, 6.45) is 2.46. The van der Waals surface area contributed by atoms with Crippen LogP contribution in [0.1, 0.15) is 68.4 Å². The maximum Gasteiger partial charge on any atom is 0.253 e. The third-order valence-corrected chi connectivity index (χ3v) is 14.6. The Morgan fingerprint density at radius 3 is 2.29 bits per heavy atom. The molecule has 11 heteroatoms. The number of methoxy groups -OCH3 is 1. The Morgan fingerprint density at radius 1 is 1.00 bits per heavy atom. The molecule has 1 saturated heterocycles. The predicted molar refractivity (Wildman–Crippen MR) is 227 cm³/mol. The second-order valence-corrected chi connectivity index (χ2v) is 19.0. The number of nitrogens with one attached hydrogen (secondary N) is 1. The lowest BCUT2D eigenvalue weighted by molar-refractivity contribution is -0.183. The molecule has 1 heterocycles. The molecular weight excluding hydrogens is 731 g/mol. The summed E-state index contributed by atoms with van der Waals surface area (Å²) in [5, 5.41) is 27.2. The van der Waals surface area contributed by atoms with Crippen LogP contribution in [0.3, 0.4) is 0 Å². The van der Waals surface area contributed by atoms with Gasteiger partial charge in [0.2, 0.25) is 5.91 Å². The van der Waals surface area contributed by atoms with Gasteiger partial charge >= 0.3 is 0 Å². The van der Waals surface area contributed by atoms with Crippen LogP contribution in [0.5, 0.6) is 5.75 Å². The highest BCUT2D eigenvalue weighted by Gasteiger charge is 2.78. The van der Waals surface area contributed by atoms with Crippen molar-refractivity contribution >= 4 is 17.5 Å². The maximum absolute atomic E-state index is 14.6. The van der Waals surface area contributed by atoms with E-state index < -0.39 is 23.2 Å². The van der Waals surface area contributed by atoms with Crippen molar-refractivity contribution in [2.75, 3.05) is 60.4 Å². The van der Waals surface area contributed by atoms with Gasteiger partial charge in [0.1, 0.15) is 17.9 Å². The van der Waals surface area contributed by atoms with Crippen molar-refractivity contribution in [2.24, 2.45) is 28.6 Å². The largest absolute Gasteiger partial charge is 0.496 e. The van der Waals surface area contributed by atoms with E-state index in [9.17, 15) is 19.8 Å². The summed E-state index contributed by atoms with van der Waals surface area (Å²) in [7, 11) is 11.5. The highest BCUT2D eigenvalue weighted by Crippen LogP contribution is 2.66. The maximum atomic E-state index is 14.6. The Kier molecular flexibility index (Phi) is 11.5. The summed E-state index contributed by atoms with van der Waals surface area (Å²) in [6, 6.07) is 21.2. The molecule has 4 saturated carbocycles. The molecule has 9 atom stereocenters. The van der Waals surface area contributed by atoms with Crippen LogP contribution in [0, 0.1) is 28.6 Å². The van der Waals surface area contributed by atoms with Gasteiger partial charge in [-0.05, 0) is 99.2 Å². The van der Waals surface area contributed by atoms with Crippen LogP contribution >= 0.6 is 0 Å². The fourth-order valence-corrected chi connectivity index (χ4v) is 10.9. The molecule has 2 bridgehead atoms. The van der Waals surface area contributed by atoms with Gasteiger partial charge in [-0.15, -0.1) is 0 Å². The minimum absolute atomic E-state index is 0.0364. The number of para-hydroxylation sites is 1. The van der Waals surface area contributed by atoms with Gasteiger partial charge in [-0.25, -0.2) is 0 Å². The molecule has 1 unspecified atom stereocenters. The highest BCUT2D eigenvalue weighted by molar-refractivity contribution is 5.97. The SMILES string of the molecule is COc1c(CN2O[C@@H](CO)[C@]3(CC3(C)O)[C@H]2C(=O)N[C@H]2C[C@H]3C[C@@H]([C@@H]2C)C3(C)C)cccc1-c1cc(C(=O)N(C)[C@@H](Cc2ccccc2)CN(C)C)cc(N(C)C)c1. The third-order valence-electron chi connectivity index (χ3n) is 14.6. The number of amides is 2. The van der Waals surface area contributed by atoms with Crippen LogP contribution in [0.15, 0.2) is 66.7 Å². The smallest absolute Gasteiger partial charge is 0.253 e. The molecule has 3 N–H and O–H groups in total. The molecule has 1 aliphatic heterocycles. The van der Waals surface area contributed by atoms with Gasteiger partial charge in [0.05, 0.1) is 31.3 Å². The first kappa shape index (κ1) is 42.1. The van der Waals surface area contributed by atoms with Crippen LogP contribution < -0.4 is 15.0 Å². The van der Waals surface area contributed by atoms with Gasteiger partial charge in [0.25, 0.3) is 5.91 Å². The quantitative estimate of drug-likeness (QED) is 0.195. The Labute approximate surface area is 345 Å². The predicted octanol–water partition coefficient (Wildman–Crippen LogP) is 5.48. The van der Waals surface area contributed by atoms with Crippen LogP contribution in [0.25, 0.3) is 11.1 Å². The first-order chi connectivity index (χ1) is 27.4.